The highest BCUT2D eigenvalue weighted by atomic mass is 35.5. The summed E-state index contributed by atoms with van der Waals surface area (Å²) < 4.78 is 13.1. The molecule has 1 atom stereocenters. The van der Waals surface area contributed by atoms with Gasteiger partial charge in [-0.3, -0.25) is 9.59 Å². The Balaban J connectivity index is 2.21. The standard InChI is InChI=1S/C13H14ClFN2O2/c1-2-11-13(19)16-6-12(18)17(11)7-8-3-4-10(15)9(14)5-8/h3-5,11H,2,6-7H2,1H3,(H,16,19). The van der Waals surface area contributed by atoms with E-state index in [9.17, 15) is 14.0 Å². The van der Waals surface area contributed by atoms with Crippen molar-refractivity contribution in [1.29, 1.82) is 0 Å². The van der Waals surface area contributed by atoms with Gasteiger partial charge in [0.15, 0.2) is 0 Å². The van der Waals surface area contributed by atoms with Crippen LogP contribution < -0.4 is 5.32 Å². The maximum atomic E-state index is 13.1. The molecule has 0 bridgehead atoms. The summed E-state index contributed by atoms with van der Waals surface area (Å²) in [4.78, 5) is 25.1. The molecule has 0 saturated carbocycles. The first-order valence-electron chi connectivity index (χ1n) is 6.04. The van der Waals surface area contributed by atoms with E-state index in [-0.39, 0.29) is 29.9 Å². The van der Waals surface area contributed by atoms with Gasteiger partial charge in [0, 0.05) is 6.54 Å². The molecule has 6 heteroatoms. The SMILES string of the molecule is CCC1C(=O)NCC(=O)N1Cc1ccc(F)c(Cl)c1. The molecule has 0 aliphatic carbocycles. The van der Waals surface area contributed by atoms with Crippen LogP contribution >= 0.6 is 11.6 Å². The van der Waals surface area contributed by atoms with Gasteiger partial charge in [-0.15, -0.1) is 0 Å². The van der Waals surface area contributed by atoms with Gasteiger partial charge in [-0.25, -0.2) is 4.39 Å². The number of nitrogens with zero attached hydrogens (tertiary/aromatic N) is 1. The maximum absolute atomic E-state index is 13.1. The van der Waals surface area contributed by atoms with Gasteiger partial charge in [-0.05, 0) is 24.1 Å². The van der Waals surface area contributed by atoms with E-state index in [0.29, 0.717) is 12.0 Å². The van der Waals surface area contributed by atoms with Crippen molar-refractivity contribution in [2.24, 2.45) is 0 Å². The number of benzene rings is 1. The van der Waals surface area contributed by atoms with Crippen LogP contribution in [0.25, 0.3) is 0 Å². The fourth-order valence-electron chi connectivity index (χ4n) is 2.14. The molecule has 1 saturated heterocycles. The van der Waals surface area contributed by atoms with Gasteiger partial charge in [0.1, 0.15) is 11.9 Å². The monoisotopic (exact) mass is 284 g/mol. The van der Waals surface area contributed by atoms with E-state index in [0.717, 1.165) is 0 Å². The lowest BCUT2D eigenvalue weighted by Gasteiger charge is -2.34. The molecule has 0 spiro atoms. The molecule has 0 radical (unpaired) electrons. The first-order valence-corrected chi connectivity index (χ1v) is 6.41. The summed E-state index contributed by atoms with van der Waals surface area (Å²) >= 11 is 5.71. The fourth-order valence-corrected chi connectivity index (χ4v) is 2.34. The van der Waals surface area contributed by atoms with Crippen LogP contribution in [0.3, 0.4) is 0 Å². The van der Waals surface area contributed by atoms with E-state index < -0.39 is 11.9 Å². The molecule has 1 heterocycles. The number of carbonyl (C=O) groups is 2. The molecule has 19 heavy (non-hydrogen) atoms. The van der Waals surface area contributed by atoms with E-state index in [2.05, 4.69) is 5.32 Å². The minimum atomic E-state index is -0.500. The zero-order chi connectivity index (χ0) is 14.0. The van der Waals surface area contributed by atoms with E-state index in [1.165, 1.54) is 17.0 Å². The Bertz CT molecular complexity index is 521. The topological polar surface area (TPSA) is 49.4 Å². The lowest BCUT2D eigenvalue weighted by molar-refractivity contribution is -0.146. The van der Waals surface area contributed by atoms with Crippen LogP contribution in [-0.2, 0) is 16.1 Å². The van der Waals surface area contributed by atoms with Crippen LogP contribution in [0, 0.1) is 5.82 Å². The molecule has 1 aromatic rings. The number of carbonyl (C=O) groups excluding carboxylic acids is 2. The zero-order valence-electron chi connectivity index (χ0n) is 10.5. The summed E-state index contributed by atoms with van der Waals surface area (Å²) in [6.07, 6.45) is 0.534. The van der Waals surface area contributed by atoms with Gasteiger partial charge in [0.2, 0.25) is 11.8 Å². The number of hydrogen-bond donors (Lipinski definition) is 1. The fraction of sp³-hybridized carbons (Fsp3) is 0.385. The number of halogens is 2. The van der Waals surface area contributed by atoms with E-state index >= 15 is 0 Å². The highest BCUT2D eigenvalue weighted by Crippen LogP contribution is 2.19. The summed E-state index contributed by atoms with van der Waals surface area (Å²) in [5, 5.41) is 2.57. The second kappa shape index (κ2) is 5.57. The van der Waals surface area contributed by atoms with Crippen LogP contribution in [0.5, 0.6) is 0 Å². The van der Waals surface area contributed by atoms with Crippen molar-refractivity contribution in [2.45, 2.75) is 25.9 Å². The minimum absolute atomic E-state index is 0.00423. The average molecular weight is 285 g/mol. The third-order valence-electron chi connectivity index (χ3n) is 3.14. The van der Waals surface area contributed by atoms with Gasteiger partial charge in [0.25, 0.3) is 0 Å². The first-order chi connectivity index (χ1) is 9.02. The molecule has 1 aliphatic heterocycles. The molecule has 2 amide bonds. The predicted octanol–water partition coefficient (Wildman–Crippen LogP) is 1.72. The molecule has 1 aromatic carbocycles. The van der Waals surface area contributed by atoms with Crippen molar-refractivity contribution in [1.82, 2.24) is 10.2 Å². The first kappa shape index (κ1) is 13.8. The Morgan fingerprint density at radius 1 is 1.47 bits per heavy atom. The number of nitrogens with one attached hydrogen (secondary N) is 1. The smallest absolute Gasteiger partial charge is 0.243 e. The third kappa shape index (κ3) is 2.87. The Morgan fingerprint density at radius 3 is 2.84 bits per heavy atom. The van der Waals surface area contributed by atoms with Gasteiger partial charge < -0.3 is 10.2 Å². The lowest BCUT2D eigenvalue weighted by Crippen LogP contribution is -2.57. The number of hydrogen-bond acceptors (Lipinski definition) is 2. The van der Waals surface area contributed by atoms with Gasteiger partial charge in [-0.2, -0.15) is 0 Å². The molecule has 1 N–H and O–H groups in total. The third-order valence-corrected chi connectivity index (χ3v) is 3.43. The van der Waals surface area contributed by atoms with Crippen molar-refractivity contribution < 1.29 is 14.0 Å². The highest BCUT2D eigenvalue weighted by Gasteiger charge is 2.32. The lowest BCUT2D eigenvalue weighted by atomic mass is 10.1. The molecule has 1 fully saturated rings. The number of piperazine rings is 1. The molecular weight excluding hydrogens is 271 g/mol. The van der Waals surface area contributed by atoms with Crippen molar-refractivity contribution in [2.75, 3.05) is 6.54 Å². The Hall–Kier alpha value is -1.62. The molecule has 1 aliphatic rings. The van der Waals surface area contributed by atoms with Crippen LogP contribution in [0.4, 0.5) is 4.39 Å². The van der Waals surface area contributed by atoms with Crippen molar-refractivity contribution in [3.8, 4) is 0 Å². The van der Waals surface area contributed by atoms with Crippen molar-refractivity contribution in [3.05, 3.63) is 34.6 Å². The summed E-state index contributed by atoms with van der Waals surface area (Å²) in [6.45, 7) is 2.10. The Morgan fingerprint density at radius 2 is 2.21 bits per heavy atom. The van der Waals surface area contributed by atoms with E-state index in [4.69, 9.17) is 11.6 Å². The van der Waals surface area contributed by atoms with Crippen molar-refractivity contribution >= 4 is 23.4 Å². The zero-order valence-corrected chi connectivity index (χ0v) is 11.2. The Labute approximate surface area is 115 Å². The van der Waals surface area contributed by atoms with E-state index in [1.54, 1.807) is 6.07 Å². The molecule has 2 rings (SSSR count). The van der Waals surface area contributed by atoms with Gasteiger partial charge >= 0.3 is 0 Å². The average Bonchev–Trinajstić information content (AvgIpc) is 2.38. The van der Waals surface area contributed by atoms with Gasteiger partial charge in [0.05, 0.1) is 11.6 Å². The molecule has 1 unspecified atom stereocenters. The van der Waals surface area contributed by atoms with Crippen molar-refractivity contribution in [3.63, 3.8) is 0 Å². The summed E-state index contributed by atoms with van der Waals surface area (Å²) in [5.41, 5.74) is 0.702. The highest BCUT2D eigenvalue weighted by molar-refractivity contribution is 6.30. The summed E-state index contributed by atoms with van der Waals surface area (Å²) in [7, 11) is 0. The molecule has 4 nitrogen and oxygen atoms in total. The largest absolute Gasteiger partial charge is 0.345 e. The molecule has 102 valence electrons. The molecule has 0 aromatic heterocycles. The molecular formula is C13H14ClFN2O2. The van der Waals surface area contributed by atoms with Crippen LogP contribution in [-0.4, -0.2) is 29.3 Å². The van der Waals surface area contributed by atoms with Crippen LogP contribution in [0.1, 0.15) is 18.9 Å². The second-order valence-corrected chi connectivity index (χ2v) is 4.82. The Kier molecular flexibility index (Phi) is 4.04. The number of rotatable bonds is 3. The second-order valence-electron chi connectivity index (χ2n) is 4.41. The van der Waals surface area contributed by atoms with Crippen LogP contribution in [0.2, 0.25) is 5.02 Å². The predicted molar refractivity (Wildman–Crippen MR) is 69.0 cm³/mol. The van der Waals surface area contributed by atoms with Gasteiger partial charge in [-0.1, -0.05) is 24.6 Å². The minimum Gasteiger partial charge on any atom is -0.345 e. The van der Waals surface area contributed by atoms with Crippen LogP contribution in [0.15, 0.2) is 18.2 Å². The summed E-state index contributed by atoms with van der Waals surface area (Å²) in [6, 6.07) is 3.81. The van der Waals surface area contributed by atoms with E-state index in [1.807, 2.05) is 6.92 Å². The summed E-state index contributed by atoms with van der Waals surface area (Å²) in [5.74, 6) is -0.803. The normalized spacial score (nSPS) is 19.5. The quantitative estimate of drug-likeness (QED) is 0.919. The number of amides is 2. The maximum Gasteiger partial charge on any atom is 0.243 e.